The first kappa shape index (κ1) is 17.1. The number of nitrogens with one attached hydrogen (secondary N) is 2. The van der Waals surface area contributed by atoms with Gasteiger partial charge in [-0.05, 0) is 25.0 Å². The number of benzene rings is 1. The van der Waals surface area contributed by atoms with Gasteiger partial charge in [-0.15, -0.1) is 0 Å². The molecule has 28 heavy (non-hydrogen) atoms. The molecule has 0 radical (unpaired) electrons. The van der Waals surface area contributed by atoms with Crippen LogP contribution in [0.5, 0.6) is 0 Å². The summed E-state index contributed by atoms with van der Waals surface area (Å²) in [5.41, 5.74) is 1.54. The molecule has 0 saturated heterocycles. The van der Waals surface area contributed by atoms with Crippen molar-refractivity contribution in [1.29, 1.82) is 0 Å². The van der Waals surface area contributed by atoms with Crippen molar-refractivity contribution in [3.05, 3.63) is 50.7 Å². The highest BCUT2D eigenvalue weighted by atomic mass is 16.4. The molecule has 2 aliphatic rings. The van der Waals surface area contributed by atoms with Crippen molar-refractivity contribution in [3.8, 4) is 0 Å². The number of fused-ring (bicyclic) bond motifs is 2. The molecule has 1 unspecified atom stereocenters. The first-order chi connectivity index (χ1) is 13.6. The zero-order chi connectivity index (χ0) is 19.3. The molecule has 146 valence electrons. The molecule has 1 saturated carbocycles. The average molecular weight is 382 g/mol. The van der Waals surface area contributed by atoms with Gasteiger partial charge >= 0.3 is 5.76 Å². The van der Waals surface area contributed by atoms with Crippen LogP contribution in [0.2, 0.25) is 0 Å². The van der Waals surface area contributed by atoms with Gasteiger partial charge in [-0.1, -0.05) is 31.4 Å². The number of hydrogen-bond donors (Lipinski definition) is 2. The molecule has 2 aromatic heterocycles. The van der Waals surface area contributed by atoms with E-state index in [0.717, 1.165) is 25.7 Å². The lowest BCUT2D eigenvalue weighted by Gasteiger charge is -2.28. The maximum absolute atomic E-state index is 12.8. The number of oxazole rings is 1. The lowest BCUT2D eigenvalue weighted by molar-refractivity contribution is -0.117. The summed E-state index contributed by atoms with van der Waals surface area (Å²) in [6.45, 7) is 0.230. The largest absolute Gasteiger partial charge is 0.419 e. The van der Waals surface area contributed by atoms with Crippen LogP contribution >= 0.6 is 0 Å². The molecule has 1 aliphatic carbocycles. The summed E-state index contributed by atoms with van der Waals surface area (Å²) in [5.74, 6) is -0.422. The van der Waals surface area contributed by atoms with Crippen LogP contribution < -0.4 is 16.6 Å². The van der Waals surface area contributed by atoms with Crippen molar-refractivity contribution in [1.82, 2.24) is 14.3 Å². The van der Waals surface area contributed by atoms with Crippen molar-refractivity contribution in [2.75, 3.05) is 5.32 Å². The van der Waals surface area contributed by atoms with Crippen LogP contribution in [0, 0.1) is 0 Å². The van der Waals surface area contributed by atoms with Gasteiger partial charge in [0.15, 0.2) is 5.58 Å². The highest BCUT2D eigenvalue weighted by molar-refractivity contribution is 5.93. The Morgan fingerprint density at radius 1 is 1.07 bits per heavy atom. The number of amides is 1. The summed E-state index contributed by atoms with van der Waals surface area (Å²) in [4.78, 5) is 37.5. The summed E-state index contributed by atoms with van der Waals surface area (Å²) in [6.07, 6.45) is 5.58. The third kappa shape index (κ3) is 2.71. The molecule has 1 atom stereocenters. The van der Waals surface area contributed by atoms with Gasteiger partial charge in [-0.2, -0.15) is 0 Å². The second-order valence-electron chi connectivity index (χ2n) is 7.76. The smallest absolute Gasteiger partial charge is 0.408 e. The third-order valence-electron chi connectivity index (χ3n) is 5.98. The molecule has 0 spiro atoms. The Kier molecular flexibility index (Phi) is 3.99. The number of carbonyl (C=O) groups excluding carboxylic acids is 1. The normalized spacial score (nSPS) is 20.3. The highest BCUT2D eigenvalue weighted by Gasteiger charge is 2.34. The number of aromatic amines is 1. The molecule has 1 aromatic carbocycles. The van der Waals surface area contributed by atoms with Crippen LogP contribution in [0.4, 0.5) is 5.82 Å². The van der Waals surface area contributed by atoms with E-state index in [0.29, 0.717) is 22.5 Å². The molecular formula is C20H22N4O4. The first-order valence-corrected chi connectivity index (χ1v) is 9.84. The minimum absolute atomic E-state index is 0.137. The number of aromatic nitrogens is 3. The Labute approximate surface area is 160 Å². The van der Waals surface area contributed by atoms with Crippen molar-refractivity contribution in [2.45, 2.75) is 57.0 Å². The topological polar surface area (TPSA) is 102 Å². The van der Waals surface area contributed by atoms with E-state index in [1.165, 1.54) is 11.0 Å². The zero-order valence-corrected chi connectivity index (χ0v) is 15.4. The SMILES string of the molecule is O=C1CC(Cn2c(=O)oc3ccccc32)c2c(n(C3CCCCC3)[nH]c2=O)N1. The molecule has 1 fully saturated rings. The van der Waals surface area contributed by atoms with Crippen LogP contribution in [-0.4, -0.2) is 20.3 Å². The number of rotatable bonds is 3. The summed E-state index contributed by atoms with van der Waals surface area (Å²) in [7, 11) is 0. The standard InChI is InChI=1S/C20H22N4O4/c25-16-10-12(11-23-14-8-4-5-9-15(14)28-20(23)27)17-18(21-16)24(22-19(17)26)13-6-2-1-3-7-13/h4-5,8-9,12-13H,1-3,6-7,10-11H2,(H,21,25)(H,22,26). The second-order valence-corrected chi connectivity index (χ2v) is 7.76. The van der Waals surface area contributed by atoms with Crippen molar-refractivity contribution < 1.29 is 9.21 Å². The summed E-state index contributed by atoms with van der Waals surface area (Å²) in [6, 6.07) is 7.37. The fourth-order valence-corrected chi connectivity index (χ4v) is 4.65. The maximum Gasteiger partial charge on any atom is 0.419 e. The van der Waals surface area contributed by atoms with Crippen molar-refractivity contribution in [2.24, 2.45) is 0 Å². The molecule has 0 bridgehead atoms. The molecule has 5 rings (SSSR count). The van der Waals surface area contributed by atoms with Gasteiger partial charge in [0.25, 0.3) is 5.56 Å². The Hall–Kier alpha value is -3.03. The Morgan fingerprint density at radius 2 is 1.86 bits per heavy atom. The van der Waals surface area contributed by atoms with E-state index in [-0.39, 0.29) is 36.4 Å². The van der Waals surface area contributed by atoms with Gasteiger partial charge < -0.3 is 9.73 Å². The monoisotopic (exact) mass is 382 g/mol. The Morgan fingerprint density at radius 3 is 2.68 bits per heavy atom. The minimum atomic E-state index is -0.475. The van der Waals surface area contributed by atoms with Crippen molar-refractivity contribution >= 4 is 22.8 Å². The van der Waals surface area contributed by atoms with Crippen LogP contribution in [0.25, 0.3) is 11.1 Å². The molecule has 8 nitrogen and oxygen atoms in total. The fourth-order valence-electron chi connectivity index (χ4n) is 4.65. The van der Waals surface area contributed by atoms with Gasteiger partial charge in [0.1, 0.15) is 5.82 Å². The van der Waals surface area contributed by atoms with E-state index >= 15 is 0 Å². The number of H-pyrrole nitrogens is 1. The van der Waals surface area contributed by atoms with E-state index in [2.05, 4.69) is 10.4 Å². The number of carbonyl (C=O) groups is 1. The van der Waals surface area contributed by atoms with Gasteiger partial charge in [-0.3, -0.25) is 23.9 Å². The zero-order valence-electron chi connectivity index (χ0n) is 15.4. The van der Waals surface area contributed by atoms with E-state index in [1.807, 2.05) is 16.8 Å². The molecular weight excluding hydrogens is 360 g/mol. The Balaban J connectivity index is 1.56. The molecule has 8 heteroatoms. The molecule has 1 aliphatic heterocycles. The van der Waals surface area contributed by atoms with E-state index in [1.54, 1.807) is 12.1 Å². The molecule has 3 heterocycles. The van der Waals surface area contributed by atoms with Crippen molar-refractivity contribution in [3.63, 3.8) is 0 Å². The maximum atomic E-state index is 12.8. The van der Waals surface area contributed by atoms with E-state index in [4.69, 9.17) is 4.42 Å². The summed E-state index contributed by atoms with van der Waals surface area (Å²) >= 11 is 0. The second kappa shape index (κ2) is 6.54. The summed E-state index contributed by atoms with van der Waals surface area (Å²) < 4.78 is 8.66. The highest BCUT2D eigenvalue weighted by Crippen LogP contribution is 2.36. The lowest BCUT2D eigenvalue weighted by atomic mass is 9.92. The number of anilines is 1. The first-order valence-electron chi connectivity index (χ1n) is 9.84. The van der Waals surface area contributed by atoms with Gasteiger partial charge in [0.2, 0.25) is 5.91 Å². The van der Waals surface area contributed by atoms with E-state index in [9.17, 15) is 14.4 Å². The predicted octanol–water partition coefficient (Wildman–Crippen LogP) is 2.72. The van der Waals surface area contributed by atoms with Gasteiger partial charge in [0.05, 0.1) is 17.1 Å². The van der Waals surface area contributed by atoms with Crippen LogP contribution in [0.15, 0.2) is 38.3 Å². The van der Waals surface area contributed by atoms with Gasteiger partial charge in [0, 0.05) is 18.9 Å². The molecule has 2 N–H and O–H groups in total. The number of hydrogen-bond acceptors (Lipinski definition) is 4. The van der Waals surface area contributed by atoms with Crippen LogP contribution in [0.1, 0.15) is 56.0 Å². The summed E-state index contributed by atoms with van der Waals surface area (Å²) in [5, 5.41) is 5.83. The van der Waals surface area contributed by atoms with Crippen LogP contribution in [0.3, 0.4) is 0 Å². The number of nitrogens with zero attached hydrogens (tertiary/aromatic N) is 2. The lowest BCUT2D eigenvalue weighted by Crippen LogP contribution is -2.31. The van der Waals surface area contributed by atoms with Crippen LogP contribution in [-0.2, 0) is 11.3 Å². The average Bonchev–Trinajstić information content (AvgIpc) is 3.19. The third-order valence-corrected chi connectivity index (χ3v) is 5.98. The molecule has 3 aromatic rings. The quantitative estimate of drug-likeness (QED) is 0.727. The van der Waals surface area contributed by atoms with E-state index < -0.39 is 5.76 Å². The van der Waals surface area contributed by atoms with Gasteiger partial charge in [-0.25, -0.2) is 4.79 Å². The molecule has 1 amide bonds. The minimum Gasteiger partial charge on any atom is -0.408 e. The fraction of sp³-hybridized carbons (Fsp3) is 0.450. The predicted molar refractivity (Wildman–Crippen MR) is 104 cm³/mol. The number of para-hydroxylation sites is 2. The Bertz CT molecular complexity index is 1160.